The van der Waals surface area contributed by atoms with Crippen molar-refractivity contribution in [2.24, 2.45) is 5.73 Å². The van der Waals surface area contributed by atoms with Crippen LogP contribution in [0.5, 0.6) is 0 Å². The molecule has 4 nitrogen and oxygen atoms in total. The SMILES string of the molecule is CCn1cc(Cn2ccc3c(CC(C)N)cccc32)cn1. The highest BCUT2D eigenvalue weighted by Gasteiger charge is 2.08. The lowest BCUT2D eigenvalue weighted by molar-refractivity contribution is 0.658. The third-order valence-electron chi connectivity index (χ3n) is 3.81. The van der Waals surface area contributed by atoms with Crippen molar-refractivity contribution in [2.75, 3.05) is 0 Å². The lowest BCUT2D eigenvalue weighted by Crippen LogP contribution is -2.17. The Labute approximate surface area is 125 Å². The number of aromatic nitrogens is 3. The minimum atomic E-state index is 0.182. The van der Waals surface area contributed by atoms with Crippen LogP contribution in [0.2, 0.25) is 0 Å². The largest absolute Gasteiger partial charge is 0.343 e. The maximum absolute atomic E-state index is 5.95. The van der Waals surface area contributed by atoms with Gasteiger partial charge in [-0.1, -0.05) is 12.1 Å². The van der Waals surface area contributed by atoms with Crippen LogP contribution in [0.15, 0.2) is 42.9 Å². The fourth-order valence-corrected chi connectivity index (χ4v) is 2.81. The predicted octanol–water partition coefficient (Wildman–Crippen LogP) is 2.80. The Morgan fingerprint density at radius 3 is 2.86 bits per heavy atom. The quantitative estimate of drug-likeness (QED) is 0.782. The molecular weight excluding hydrogens is 260 g/mol. The summed E-state index contributed by atoms with van der Waals surface area (Å²) in [5.74, 6) is 0. The molecule has 4 heteroatoms. The van der Waals surface area contributed by atoms with Gasteiger partial charge >= 0.3 is 0 Å². The zero-order valence-electron chi connectivity index (χ0n) is 12.7. The van der Waals surface area contributed by atoms with Gasteiger partial charge in [0.2, 0.25) is 0 Å². The van der Waals surface area contributed by atoms with E-state index in [4.69, 9.17) is 5.73 Å². The van der Waals surface area contributed by atoms with Gasteiger partial charge in [0.15, 0.2) is 0 Å². The number of fused-ring (bicyclic) bond motifs is 1. The van der Waals surface area contributed by atoms with Crippen molar-refractivity contribution >= 4 is 10.9 Å². The molecule has 0 amide bonds. The van der Waals surface area contributed by atoms with E-state index in [0.717, 1.165) is 19.5 Å². The fraction of sp³-hybridized carbons (Fsp3) is 0.353. The zero-order valence-corrected chi connectivity index (χ0v) is 12.7. The molecule has 0 saturated carbocycles. The zero-order chi connectivity index (χ0) is 14.8. The van der Waals surface area contributed by atoms with Crippen molar-refractivity contribution in [3.63, 3.8) is 0 Å². The van der Waals surface area contributed by atoms with Crippen molar-refractivity contribution in [3.05, 3.63) is 54.0 Å². The first-order chi connectivity index (χ1) is 10.2. The molecule has 0 fully saturated rings. The third kappa shape index (κ3) is 2.85. The highest BCUT2D eigenvalue weighted by Crippen LogP contribution is 2.22. The molecule has 3 rings (SSSR count). The molecule has 3 aromatic rings. The average Bonchev–Trinajstić information content (AvgIpc) is 3.07. The topological polar surface area (TPSA) is 48.8 Å². The number of nitrogens with zero attached hydrogens (tertiary/aromatic N) is 3. The van der Waals surface area contributed by atoms with Crippen molar-refractivity contribution in [1.82, 2.24) is 14.3 Å². The summed E-state index contributed by atoms with van der Waals surface area (Å²) in [5, 5.41) is 5.64. The Morgan fingerprint density at radius 1 is 1.29 bits per heavy atom. The number of hydrogen-bond acceptors (Lipinski definition) is 2. The molecule has 0 aliphatic rings. The molecule has 0 saturated heterocycles. The molecule has 0 radical (unpaired) electrons. The molecule has 2 aromatic heterocycles. The average molecular weight is 282 g/mol. The molecular formula is C17H22N4. The molecule has 0 aliphatic carbocycles. The van der Waals surface area contributed by atoms with Crippen LogP contribution in [0.4, 0.5) is 0 Å². The second-order valence-electron chi connectivity index (χ2n) is 5.68. The molecule has 110 valence electrons. The summed E-state index contributed by atoms with van der Waals surface area (Å²) in [6.45, 7) is 5.91. The maximum atomic E-state index is 5.95. The van der Waals surface area contributed by atoms with Gasteiger partial charge in [0.05, 0.1) is 12.7 Å². The fourth-order valence-electron chi connectivity index (χ4n) is 2.81. The van der Waals surface area contributed by atoms with Gasteiger partial charge in [0, 0.05) is 41.4 Å². The van der Waals surface area contributed by atoms with Crippen LogP contribution in [0, 0.1) is 0 Å². The second-order valence-corrected chi connectivity index (χ2v) is 5.68. The van der Waals surface area contributed by atoms with Gasteiger partial charge in [0.1, 0.15) is 0 Å². The summed E-state index contributed by atoms with van der Waals surface area (Å²) in [6, 6.07) is 8.83. The van der Waals surface area contributed by atoms with E-state index in [1.54, 1.807) is 0 Å². The van der Waals surface area contributed by atoms with Crippen LogP contribution in [-0.2, 0) is 19.5 Å². The van der Waals surface area contributed by atoms with Crippen molar-refractivity contribution in [1.29, 1.82) is 0 Å². The van der Waals surface area contributed by atoms with Crippen molar-refractivity contribution < 1.29 is 0 Å². The van der Waals surface area contributed by atoms with Crippen LogP contribution in [-0.4, -0.2) is 20.4 Å². The van der Waals surface area contributed by atoms with E-state index in [-0.39, 0.29) is 6.04 Å². The summed E-state index contributed by atoms with van der Waals surface area (Å²) in [4.78, 5) is 0. The number of benzene rings is 1. The van der Waals surface area contributed by atoms with Gasteiger partial charge in [-0.15, -0.1) is 0 Å². The Balaban J connectivity index is 1.93. The van der Waals surface area contributed by atoms with Crippen LogP contribution in [0.1, 0.15) is 25.0 Å². The van der Waals surface area contributed by atoms with Gasteiger partial charge in [0.25, 0.3) is 0 Å². The molecule has 2 N–H and O–H groups in total. The first-order valence-electron chi connectivity index (χ1n) is 7.51. The van der Waals surface area contributed by atoms with Gasteiger partial charge in [-0.3, -0.25) is 4.68 Å². The highest BCUT2D eigenvalue weighted by atomic mass is 15.3. The van der Waals surface area contributed by atoms with Crippen molar-refractivity contribution in [3.8, 4) is 0 Å². The lowest BCUT2D eigenvalue weighted by atomic mass is 10.0. The summed E-state index contributed by atoms with van der Waals surface area (Å²) in [5.41, 5.74) is 9.76. The summed E-state index contributed by atoms with van der Waals surface area (Å²) in [7, 11) is 0. The van der Waals surface area contributed by atoms with Crippen LogP contribution < -0.4 is 5.73 Å². The van der Waals surface area contributed by atoms with E-state index in [0.29, 0.717) is 0 Å². The second kappa shape index (κ2) is 5.74. The highest BCUT2D eigenvalue weighted by molar-refractivity contribution is 5.83. The Kier molecular flexibility index (Phi) is 3.80. The molecule has 1 aromatic carbocycles. The van der Waals surface area contributed by atoms with E-state index in [1.807, 2.05) is 10.9 Å². The first-order valence-corrected chi connectivity index (χ1v) is 7.51. The van der Waals surface area contributed by atoms with E-state index in [2.05, 4.69) is 60.2 Å². The molecule has 1 atom stereocenters. The normalized spacial score (nSPS) is 12.9. The molecule has 0 bridgehead atoms. The third-order valence-corrected chi connectivity index (χ3v) is 3.81. The van der Waals surface area contributed by atoms with E-state index in [9.17, 15) is 0 Å². The monoisotopic (exact) mass is 282 g/mol. The predicted molar refractivity (Wildman–Crippen MR) is 86.3 cm³/mol. The standard InChI is InChI=1S/C17H22N4/c1-3-21-12-14(10-19-21)11-20-8-7-16-15(9-13(2)18)5-4-6-17(16)20/h4-8,10,12-13H,3,9,11,18H2,1-2H3. The number of hydrogen-bond donors (Lipinski definition) is 1. The first kappa shape index (κ1) is 13.9. The molecule has 21 heavy (non-hydrogen) atoms. The molecule has 0 spiro atoms. The van der Waals surface area contributed by atoms with Gasteiger partial charge < -0.3 is 10.3 Å². The smallest absolute Gasteiger partial charge is 0.0539 e. The summed E-state index contributed by atoms with van der Waals surface area (Å²) < 4.78 is 4.24. The van der Waals surface area contributed by atoms with Crippen LogP contribution in [0.3, 0.4) is 0 Å². The minimum absolute atomic E-state index is 0.182. The van der Waals surface area contributed by atoms with E-state index < -0.39 is 0 Å². The molecule has 1 unspecified atom stereocenters. The van der Waals surface area contributed by atoms with Gasteiger partial charge in [-0.25, -0.2) is 0 Å². The van der Waals surface area contributed by atoms with Gasteiger partial charge in [-0.2, -0.15) is 5.10 Å². The van der Waals surface area contributed by atoms with Crippen LogP contribution >= 0.6 is 0 Å². The summed E-state index contributed by atoms with van der Waals surface area (Å²) >= 11 is 0. The lowest BCUT2D eigenvalue weighted by Gasteiger charge is -2.08. The number of rotatable bonds is 5. The molecule has 0 aliphatic heterocycles. The minimum Gasteiger partial charge on any atom is -0.343 e. The van der Waals surface area contributed by atoms with Crippen LogP contribution in [0.25, 0.3) is 10.9 Å². The summed E-state index contributed by atoms with van der Waals surface area (Å²) in [6.07, 6.45) is 7.12. The Hall–Kier alpha value is -2.07. The van der Waals surface area contributed by atoms with Gasteiger partial charge in [-0.05, 0) is 38.0 Å². The maximum Gasteiger partial charge on any atom is 0.0539 e. The van der Waals surface area contributed by atoms with E-state index in [1.165, 1.54) is 22.0 Å². The number of nitrogens with two attached hydrogens (primary N) is 1. The molecule has 2 heterocycles. The van der Waals surface area contributed by atoms with E-state index >= 15 is 0 Å². The Morgan fingerprint density at radius 2 is 2.14 bits per heavy atom. The number of aryl methyl sites for hydroxylation is 1. The van der Waals surface area contributed by atoms with Crippen molar-refractivity contribution in [2.45, 2.75) is 39.4 Å². The Bertz CT molecular complexity index is 736.